The molecule has 0 fully saturated rings. The summed E-state index contributed by atoms with van der Waals surface area (Å²) >= 11 is 0. The van der Waals surface area contributed by atoms with Crippen LogP contribution in [0.5, 0.6) is 0 Å². The van der Waals surface area contributed by atoms with Crippen molar-refractivity contribution in [3.05, 3.63) is 42.1 Å². The molecule has 20 heavy (non-hydrogen) atoms. The molecule has 1 N–H and O–H groups in total. The van der Waals surface area contributed by atoms with Crippen molar-refractivity contribution in [3.8, 4) is 12.3 Å². The van der Waals surface area contributed by atoms with E-state index in [1.54, 1.807) is 6.20 Å². The number of rotatable bonds is 3. The molecule has 106 valence electrons. The summed E-state index contributed by atoms with van der Waals surface area (Å²) in [4.78, 5) is 4.28. The zero-order chi connectivity index (χ0) is 15.0. The smallest absolute Gasteiger partial charge is 0.0702 e. The van der Waals surface area contributed by atoms with Crippen LogP contribution in [0.2, 0.25) is 0 Å². The molecule has 2 rings (SSSR count). The molecule has 0 saturated heterocycles. The molecule has 0 radical (unpaired) electrons. The van der Waals surface area contributed by atoms with Gasteiger partial charge in [-0.05, 0) is 36.6 Å². The number of fused-ring (bicyclic) bond motifs is 1. The van der Waals surface area contributed by atoms with Crippen molar-refractivity contribution in [1.29, 1.82) is 0 Å². The van der Waals surface area contributed by atoms with E-state index in [0.717, 1.165) is 23.4 Å². The van der Waals surface area contributed by atoms with E-state index in [2.05, 4.69) is 55.2 Å². The zero-order valence-electron chi connectivity index (χ0n) is 12.9. The Morgan fingerprint density at radius 2 is 1.90 bits per heavy atom. The summed E-state index contributed by atoms with van der Waals surface area (Å²) in [5.41, 5.74) is 2.25. The molecule has 2 nitrogen and oxygen atoms in total. The molecule has 1 unspecified atom stereocenters. The van der Waals surface area contributed by atoms with Gasteiger partial charge in [0.1, 0.15) is 0 Å². The fraction of sp³-hybridized carbons (Fsp3) is 0.389. The summed E-state index contributed by atoms with van der Waals surface area (Å²) in [6, 6.07) is 10.4. The van der Waals surface area contributed by atoms with Gasteiger partial charge in [-0.2, -0.15) is 0 Å². The largest absolute Gasteiger partial charge is 0.300 e. The van der Waals surface area contributed by atoms with Gasteiger partial charge in [0, 0.05) is 18.1 Å². The van der Waals surface area contributed by atoms with E-state index in [1.165, 1.54) is 5.56 Å². The van der Waals surface area contributed by atoms with Gasteiger partial charge in [0.15, 0.2) is 0 Å². The fourth-order valence-electron chi connectivity index (χ4n) is 1.56. The van der Waals surface area contributed by atoms with Crippen LogP contribution >= 0.6 is 0 Å². The molecule has 0 bridgehead atoms. The first-order chi connectivity index (χ1) is 9.52. The second kappa shape index (κ2) is 8.35. The van der Waals surface area contributed by atoms with E-state index >= 15 is 0 Å². The lowest BCUT2D eigenvalue weighted by Gasteiger charge is -2.08. The monoisotopic (exact) mass is 268 g/mol. The van der Waals surface area contributed by atoms with Gasteiger partial charge in [-0.25, -0.2) is 0 Å². The lowest BCUT2D eigenvalue weighted by atomic mass is 10.1. The van der Waals surface area contributed by atoms with Crippen LogP contribution in [0.4, 0.5) is 0 Å². The van der Waals surface area contributed by atoms with E-state index in [0.29, 0.717) is 0 Å². The van der Waals surface area contributed by atoms with Crippen LogP contribution < -0.4 is 5.32 Å². The molecule has 1 aromatic heterocycles. The van der Waals surface area contributed by atoms with E-state index in [-0.39, 0.29) is 6.04 Å². The summed E-state index contributed by atoms with van der Waals surface area (Å²) in [7, 11) is 0. The van der Waals surface area contributed by atoms with Gasteiger partial charge in [0.2, 0.25) is 0 Å². The van der Waals surface area contributed by atoms with Crippen molar-refractivity contribution >= 4 is 10.9 Å². The number of aromatic nitrogens is 1. The van der Waals surface area contributed by atoms with Gasteiger partial charge in [-0.15, -0.1) is 6.42 Å². The van der Waals surface area contributed by atoms with Crippen molar-refractivity contribution in [2.75, 3.05) is 0 Å². The first-order valence-electron chi connectivity index (χ1n) is 7.06. The van der Waals surface area contributed by atoms with Crippen molar-refractivity contribution < 1.29 is 0 Å². The molecule has 1 aromatic carbocycles. The molecule has 1 heterocycles. The Kier molecular flexibility index (Phi) is 6.76. The summed E-state index contributed by atoms with van der Waals surface area (Å²) in [6.07, 6.45) is 7.11. The van der Waals surface area contributed by atoms with Crippen molar-refractivity contribution in [2.24, 2.45) is 5.92 Å². The Bertz CT molecular complexity index is 564. The highest BCUT2D eigenvalue weighted by molar-refractivity contribution is 5.78. The van der Waals surface area contributed by atoms with Gasteiger partial charge in [0.25, 0.3) is 0 Å². The zero-order valence-corrected chi connectivity index (χ0v) is 12.9. The molecule has 0 aliphatic carbocycles. The Balaban J connectivity index is 0.000000444. The van der Waals surface area contributed by atoms with E-state index in [1.807, 2.05) is 19.1 Å². The minimum Gasteiger partial charge on any atom is -0.300 e. The predicted octanol–water partition coefficient (Wildman–Crippen LogP) is 4.01. The molecule has 1 atom stereocenters. The van der Waals surface area contributed by atoms with Gasteiger partial charge >= 0.3 is 0 Å². The second-order valence-corrected chi connectivity index (χ2v) is 5.53. The lowest BCUT2D eigenvalue weighted by Crippen LogP contribution is -2.23. The number of hydrogen-bond acceptors (Lipinski definition) is 2. The number of hydrogen-bond donors (Lipinski definition) is 1. The number of terminal acetylenes is 1. The van der Waals surface area contributed by atoms with Crippen molar-refractivity contribution in [2.45, 2.75) is 40.3 Å². The molecule has 0 spiro atoms. The Morgan fingerprint density at radius 1 is 1.20 bits per heavy atom. The molecule has 0 saturated carbocycles. The molecule has 0 amide bonds. The topological polar surface area (TPSA) is 24.9 Å². The van der Waals surface area contributed by atoms with E-state index < -0.39 is 0 Å². The molecule has 2 aromatic rings. The van der Waals surface area contributed by atoms with Crippen LogP contribution in [0, 0.1) is 18.3 Å². The Labute approximate surface area is 122 Å². The van der Waals surface area contributed by atoms with Crippen molar-refractivity contribution in [3.63, 3.8) is 0 Å². The maximum Gasteiger partial charge on any atom is 0.0702 e. The highest BCUT2D eigenvalue weighted by Gasteiger charge is 1.99. The summed E-state index contributed by atoms with van der Waals surface area (Å²) in [6.45, 7) is 9.26. The number of nitrogens with one attached hydrogen (secondary N) is 1. The first kappa shape index (κ1) is 16.2. The van der Waals surface area contributed by atoms with Gasteiger partial charge < -0.3 is 0 Å². The summed E-state index contributed by atoms with van der Waals surface area (Å²) in [5, 5.41) is 4.42. The summed E-state index contributed by atoms with van der Waals surface area (Å²) < 4.78 is 0. The average Bonchev–Trinajstić information content (AvgIpc) is 2.44. The normalized spacial score (nSPS) is 11.6. The third-order valence-corrected chi connectivity index (χ3v) is 2.53. The third kappa shape index (κ3) is 5.86. The maximum atomic E-state index is 5.30. The minimum atomic E-state index is 0.101. The van der Waals surface area contributed by atoms with Gasteiger partial charge in [0.05, 0.1) is 11.6 Å². The maximum absolute atomic E-state index is 5.30. The molecule has 2 heteroatoms. The molecular weight excluding hydrogens is 244 g/mol. The van der Waals surface area contributed by atoms with E-state index in [4.69, 9.17) is 6.42 Å². The summed E-state index contributed by atoms with van der Waals surface area (Å²) in [5.74, 6) is 3.48. The van der Waals surface area contributed by atoms with Crippen LogP contribution in [-0.4, -0.2) is 11.0 Å². The highest BCUT2D eigenvalue weighted by Crippen LogP contribution is 2.13. The lowest BCUT2D eigenvalue weighted by molar-refractivity contribution is 0.648. The first-order valence-corrected chi connectivity index (χ1v) is 7.06. The standard InChI is InChI=1S/C14H14N2.C4H10/c1-3-11(2)16-10-12-6-7-14-13(9-12)5-4-8-15-14;1-4(2)3/h1,4-9,11,16H,10H2,2H3;4H,1-3H3. The average molecular weight is 268 g/mol. The van der Waals surface area contributed by atoms with Crippen molar-refractivity contribution in [1.82, 2.24) is 10.3 Å². The van der Waals surface area contributed by atoms with E-state index in [9.17, 15) is 0 Å². The molecule has 0 aliphatic heterocycles. The third-order valence-electron chi connectivity index (χ3n) is 2.53. The quantitative estimate of drug-likeness (QED) is 0.851. The van der Waals surface area contributed by atoms with Crippen LogP contribution in [0.15, 0.2) is 36.5 Å². The second-order valence-electron chi connectivity index (χ2n) is 5.53. The predicted molar refractivity (Wildman–Crippen MR) is 87.4 cm³/mol. The van der Waals surface area contributed by atoms with Gasteiger partial charge in [-0.3, -0.25) is 10.3 Å². The van der Waals surface area contributed by atoms with Crippen LogP contribution in [0.3, 0.4) is 0 Å². The van der Waals surface area contributed by atoms with Crippen LogP contribution in [-0.2, 0) is 6.54 Å². The van der Waals surface area contributed by atoms with Crippen LogP contribution in [0.1, 0.15) is 33.3 Å². The number of pyridine rings is 1. The van der Waals surface area contributed by atoms with Gasteiger partial charge in [-0.1, -0.05) is 38.8 Å². The fourth-order valence-corrected chi connectivity index (χ4v) is 1.56. The SMILES string of the molecule is C#CC(C)NCc1ccc2ncccc2c1.CC(C)C. The number of nitrogens with zero attached hydrogens (tertiary/aromatic N) is 1. The van der Waals surface area contributed by atoms with Crippen LogP contribution in [0.25, 0.3) is 10.9 Å². The highest BCUT2D eigenvalue weighted by atomic mass is 14.9. The minimum absolute atomic E-state index is 0.101. The Hall–Kier alpha value is -1.85. The number of benzene rings is 1. The molecular formula is C18H24N2. The molecule has 0 aliphatic rings. The Morgan fingerprint density at radius 3 is 2.55 bits per heavy atom.